The van der Waals surface area contributed by atoms with Gasteiger partial charge in [0.1, 0.15) is 6.04 Å². The minimum atomic E-state index is -1.04. The summed E-state index contributed by atoms with van der Waals surface area (Å²) in [6, 6.07) is 6.25. The third-order valence-corrected chi connectivity index (χ3v) is 4.51. The predicted octanol–water partition coefficient (Wildman–Crippen LogP) is 2.62. The smallest absolute Gasteiger partial charge is 0.326 e. The third-order valence-electron chi connectivity index (χ3n) is 3.67. The summed E-state index contributed by atoms with van der Waals surface area (Å²) in [7, 11) is 0. The van der Waals surface area contributed by atoms with E-state index in [9.17, 15) is 14.7 Å². The Labute approximate surface area is 138 Å². The van der Waals surface area contributed by atoms with Crippen molar-refractivity contribution in [2.75, 3.05) is 5.73 Å². The number of anilines is 1. The maximum atomic E-state index is 12.2. The molecule has 2 aromatic rings. The molecule has 0 saturated carbocycles. The van der Waals surface area contributed by atoms with E-state index >= 15 is 0 Å². The maximum Gasteiger partial charge on any atom is 0.326 e. The average Bonchev–Trinajstić information content (AvgIpc) is 3.02. The SMILES string of the molecule is CCC(C)C(NC(=O)c1nc(-c2ccc(N)cc2)cs1)C(=O)O. The molecule has 0 bridgehead atoms. The first-order valence-electron chi connectivity index (χ1n) is 7.27. The lowest BCUT2D eigenvalue weighted by atomic mass is 9.99. The molecule has 1 heterocycles. The van der Waals surface area contributed by atoms with Crippen LogP contribution < -0.4 is 11.1 Å². The number of aromatic nitrogens is 1. The number of nitrogen functional groups attached to an aromatic ring is 1. The molecule has 0 aliphatic heterocycles. The van der Waals surface area contributed by atoms with Crippen molar-refractivity contribution in [3.63, 3.8) is 0 Å². The molecule has 0 radical (unpaired) electrons. The van der Waals surface area contributed by atoms with E-state index in [2.05, 4.69) is 10.3 Å². The minimum absolute atomic E-state index is 0.159. The van der Waals surface area contributed by atoms with Crippen LogP contribution in [0, 0.1) is 5.92 Å². The van der Waals surface area contributed by atoms with Gasteiger partial charge in [0.25, 0.3) is 5.91 Å². The molecule has 2 unspecified atom stereocenters. The first-order valence-corrected chi connectivity index (χ1v) is 8.15. The van der Waals surface area contributed by atoms with Crippen molar-refractivity contribution in [2.24, 2.45) is 5.92 Å². The fourth-order valence-corrected chi connectivity index (χ4v) is 2.78. The summed E-state index contributed by atoms with van der Waals surface area (Å²) in [6.45, 7) is 3.68. The van der Waals surface area contributed by atoms with Gasteiger partial charge in [0.05, 0.1) is 5.69 Å². The van der Waals surface area contributed by atoms with Gasteiger partial charge in [0.15, 0.2) is 5.01 Å². The number of amides is 1. The van der Waals surface area contributed by atoms with E-state index in [4.69, 9.17) is 5.73 Å². The van der Waals surface area contributed by atoms with Crippen LogP contribution in [0.15, 0.2) is 29.6 Å². The number of hydrogen-bond donors (Lipinski definition) is 3. The van der Waals surface area contributed by atoms with Crippen LogP contribution in [0.25, 0.3) is 11.3 Å². The first kappa shape index (κ1) is 17.0. The number of carboxylic acids is 1. The largest absolute Gasteiger partial charge is 0.480 e. The van der Waals surface area contributed by atoms with Crippen LogP contribution in [0.1, 0.15) is 30.1 Å². The Bertz CT molecular complexity index is 697. The average molecular weight is 333 g/mol. The molecule has 2 atom stereocenters. The molecule has 1 aromatic heterocycles. The number of benzene rings is 1. The van der Waals surface area contributed by atoms with Crippen LogP contribution in [-0.2, 0) is 4.79 Å². The summed E-state index contributed by atoms with van der Waals surface area (Å²) >= 11 is 1.18. The number of nitrogens with two attached hydrogens (primary N) is 1. The van der Waals surface area contributed by atoms with Gasteiger partial charge in [-0.25, -0.2) is 9.78 Å². The normalized spacial score (nSPS) is 13.3. The van der Waals surface area contributed by atoms with E-state index in [0.717, 1.165) is 5.56 Å². The lowest BCUT2D eigenvalue weighted by Gasteiger charge is -2.19. The highest BCUT2D eigenvalue weighted by atomic mass is 32.1. The highest BCUT2D eigenvalue weighted by Crippen LogP contribution is 2.23. The standard InChI is InChI=1S/C16H19N3O3S/c1-3-9(2)13(16(21)22)19-14(20)15-18-12(8-23-15)10-4-6-11(17)7-5-10/h4-9,13H,3,17H2,1-2H3,(H,19,20)(H,21,22). The number of rotatable bonds is 6. The molecule has 4 N–H and O–H groups in total. The third kappa shape index (κ3) is 4.07. The van der Waals surface area contributed by atoms with Gasteiger partial charge < -0.3 is 16.2 Å². The van der Waals surface area contributed by atoms with Crippen LogP contribution in [-0.4, -0.2) is 28.0 Å². The van der Waals surface area contributed by atoms with E-state index < -0.39 is 17.9 Å². The van der Waals surface area contributed by atoms with E-state index in [1.54, 1.807) is 24.4 Å². The Morgan fingerprint density at radius 2 is 2.00 bits per heavy atom. The molecule has 7 heteroatoms. The zero-order valence-corrected chi connectivity index (χ0v) is 13.8. The minimum Gasteiger partial charge on any atom is -0.480 e. The second-order valence-corrected chi connectivity index (χ2v) is 6.19. The highest BCUT2D eigenvalue weighted by molar-refractivity contribution is 7.12. The van der Waals surface area contributed by atoms with Crippen molar-refractivity contribution < 1.29 is 14.7 Å². The van der Waals surface area contributed by atoms with Crippen molar-refractivity contribution in [1.29, 1.82) is 0 Å². The van der Waals surface area contributed by atoms with Gasteiger partial charge in [-0.3, -0.25) is 4.79 Å². The van der Waals surface area contributed by atoms with Crippen molar-refractivity contribution in [1.82, 2.24) is 10.3 Å². The molecular weight excluding hydrogens is 314 g/mol. The molecule has 0 aliphatic rings. The number of carboxylic acid groups (broad SMARTS) is 1. The molecule has 0 spiro atoms. The first-order chi connectivity index (χ1) is 10.9. The Morgan fingerprint density at radius 3 is 2.57 bits per heavy atom. The van der Waals surface area contributed by atoms with Crippen molar-refractivity contribution in [2.45, 2.75) is 26.3 Å². The quantitative estimate of drug-likeness (QED) is 0.705. The molecule has 2 rings (SSSR count). The number of carbonyl (C=O) groups excluding carboxylic acids is 1. The van der Waals surface area contributed by atoms with Gasteiger partial charge in [-0.05, 0) is 18.1 Å². The lowest BCUT2D eigenvalue weighted by Crippen LogP contribution is -2.45. The number of carbonyl (C=O) groups is 2. The number of nitrogens with zero attached hydrogens (tertiary/aromatic N) is 1. The Balaban J connectivity index is 2.14. The Kier molecular flexibility index (Phi) is 5.33. The van der Waals surface area contributed by atoms with E-state index in [1.807, 2.05) is 19.1 Å². The zero-order chi connectivity index (χ0) is 17.0. The van der Waals surface area contributed by atoms with Gasteiger partial charge in [0.2, 0.25) is 0 Å². The zero-order valence-electron chi connectivity index (χ0n) is 12.9. The summed E-state index contributed by atoms with van der Waals surface area (Å²) in [5, 5.41) is 13.8. The van der Waals surface area contributed by atoms with Crippen molar-refractivity contribution in [3.8, 4) is 11.3 Å². The molecule has 1 amide bonds. The summed E-state index contributed by atoms with van der Waals surface area (Å²) in [5.74, 6) is -1.67. The number of hydrogen-bond acceptors (Lipinski definition) is 5. The summed E-state index contributed by atoms with van der Waals surface area (Å²) in [4.78, 5) is 27.8. The molecular formula is C16H19N3O3S. The van der Waals surface area contributed by atoms with Crippen LogP contribution in [0.4, 0.5) is 5.69 Å². The summed E-state index contributed by atoms with van der Waals surface area (Å²) in [6.07, 6.45) is 0.659. The Morgan fingerprint density at radius 1 is 1.35 bits per heavy atom. The predicted molar refractivity (Wildman–Crippen MR) is 90.3 cm³/mol. The molecule has 0 saturated heterocycles. The van der Waals surface area contributed by atoms with Gasteiger partial charge in [-0.15, -0.1) is 11.3 Å². The van der Waals surface area contributed by atoms with Crippen molar-refractivity contribution in [3.05, 3.63) is 34.7 Å². The van der Waals surface area contributed by atoms with Crippen LogP contribution in [0.5, 0.6) is 0 Å². The van der Waals surface area contributed by atoms with Gasteiger partial charge in [-0.1, -0.05) is 32.4 Å². The highest BCUT2D eigenvalue weighted by Gasteiger charge is 2.26. The topological polar surface area (TPSA) is 105 Å². The van der Waals surface area contributed by atoms with E-state index in [1.165, 1.54) is 11.3 Å². The second kappa shape index (κ2) is 7.23. The number of aliphatic carboxylic acids is 1. The van der Waals surface area contributed by atoms with E-state index in [-0.39, 0.29) is 10.9 Å². The maximum absolute atomic E-state index is 12.2. The molecule has 6 nitrogen and oxygen atoms in total. The fourth-order valence-electron chi connectivity index (χ4n) is 2.05. The van der Waals surface area contributed by atoms with Crippen LogP contribution in [0.2, 0.25) is 0 Å². The monoisotopic (exact) mass is 333 g/mol. The second-order valence-electron chi connectivity index (χ2n) is 5.33. The molecule has 0 fully saturated rings. The van der Waals surface area contributed by atoms with Crippen molar-refractivity contribution >= 4 is 28.9 Å². The number of thiazole rings is 1. The van der Waals surface area contributed by atoms with Crippen LogP contribution in [0.3, 0.4) is 0 Å². The summed E-state index contributed by atoms with van der Waals surface area (Å²) in [5.41, 5.74) is 7.81. The molecule has 0 aliphatic carbocycles. The molecule has 122 valence electrons. The molecule has 23 heavy (non-hydrogen) atoms. The van der Waals surface area contributed by atoms with E-state index in [0.29, 0.717) is 17.8 Å². The van der Waals surface area contributed by atoms with Gasteiger partial charge >= 0.3 is 5.97 Å². The van der Waals surface area contributed by atoms with Crippen LogP contribution >= 0.6 is 11.3 Å². The number of nitrogens with one attached hydrogen (secondary N) is 1. The molecule has 1 aromatic carbocycles. The lowest BCUT2D eigenvalue weighted by molar-refractivity contribution is -0.140. The van der Waals surface area contributed by atoms with Gasteiger partial charge in [0, 0.05) is 16.6 Å². The Hall–Kier alpha value is -2.41. The van der Waals surface area contributed by atoms with Gasteiger partial charge in [-0.2, -0.15) is 0 Å². The fraction of sp³-hybridized carbons (Fsp3) is 0.312. The summed E-state index contributed by atoms with van der Waals surface area (Å²) < 4.78 is 0.